The van der Waals surface area contributed by atoms with Crippen LogP contribution in [-0.4, -0.2) is 17.7 Å². The second-order valence-corrected chi connectivity index (χ2v) is 5.95. The van der Waals surface area contributed by atoms with Crippen molar-refractivity contribution in [3.63, 3.8) is 0 Å². The molecule has 2 aromatic carbocycles. The summed E-state index contributed by atoms with van der Waals surface area (Å²) in [6.45, 7) is 3.93. The van der Waals surface area contributed by atoms with Crippen molar-refractivity contribution in [2.45, 2.75) is 20.3 Å². The van der Waals surface area contributed by atoms with Crippen LogP contribution in [-0.2, 0) is 4.79 Å². The van der Waals surface area contributed by atoms with Gasteiger partial charge in [-0.3, -0.25) is 9.59 Å². The minimum absolute atomic E-state index is 0.0406. The van der Waals surface area contributed by atoms with Gasteiger partial charge in [-0.15, -0.1) is 0 Å². The van der Waals surface area contributed by atoms with E-state index in [0.717, 1.165) is 11.1 Å². The van der Waals surface area contributed by atoms with E-state index in [9.17, 15) is 9.59 Å². The van der Waals surface area contributed by atoms with E-state index in [2.05, 4.69) is 0 Å². The Kier molecular flexibility index (Phi) is 4.93. The van der Waals surface area contributed by atoms with Crippen LogP contribution in [0.4, 0.5) is 0 Å². The first kappa shape index (κ1) is 17.5. The fraction of sp³-hybridized carbons (Fsp3) is 0.200. The first-order valence-corrected chi connectivity index (χ1v) is 8.09. The fourth-order valence-corrected chi connectivity index (χ4v) is 2.54. The number of benzene rings is 2. The number of carbonyl (C=O) groups is 1. The van der Waals surface area contributed by atoms with Gasteiger partial charge in [-0.05, 0) is 37.6 Å². The number of fused-ring (bicyclic) bond motifs is 1. The second-order valence-electron chi connectivity index (χ2n) is 5.95. The number of hydrogen-bond acceptors (Lipinski definition) is 5. The summed E-state index contributed by atoms with van der Waals surface area (Å²) in [5.74, 6) is 0.190. The van der Waals surface area contributed by atoms with Crippen LogP contribution in [0.25, 0.3) is 11.0 Å². The highest BCUT2D eigenvalue weighted by atomic mass is 16.5. The minimum Gasteiger partial charge on any atom is -0.493 e. The lowest BCUT2D eigenvalue weighted by Gasteiger charge is -2.09. The topological polar surface area (TPSA) is 86.0 Å². The van der Waals surface area contributed by atoms with Gasteiger partial charge in [0.05, 0.1) is 18.4 Å². The smallest absolute Gasteiger partial charge is 0.306 e. The van der Waals surface area contributed by atoms with Gasteiger partial charge in [-0.1, -0.05) is 17.7 Å². The molecule has 0 aliphatic carbocycles. The number of rotatable bonds is 6. The molecule has 134 valence electrons. The lowest BCUT2D eigenvalue weighted by molar-refractivity contribution is -0.137. The van der Waals surface area contributed by atoms with Crippen LogP contribution in [0.2, 0.25) is 0 Å². The van der Waals surface area contributed by atoms with Crippen LogP contribution in [0.1, 0.15) is 17.5 Å². The summed E-state index contributed by atoms with van der Waals surface area (Å²) in [5.41, 5.74) is 2.08. The third-order valence-corrected chi connectivity index (χ3v) is 3.85. The van der Waals surface area contributed by atoms with Crippen molar-refractivity contribution in [2.75, 3.05) is 6.61 Å². The third-order valence-electron chi connectivity index (χ3n) is 3.85. The van der Waals surface area contributed by atoms with Gasteiger partial charge in [0.25, 0.3) is 0 Å². The van der Waals surface area contributed by atoms with E-state index in [1.807, 2.05) is 32.0 Å². The molecule has 0 spiro atoms. The van der Waals surface area contributed by atoms with E-state index in [4.69, 9.17) is 19.0 Å². The number of hydrogen-bond donors (Lipinski definition) is 1. The summed E-state index contributed by atoms with van der Waals surface area (Å²) in [6.07, 6.45) is 1.16. The number of aliphatic carboxylic acids is 1. The molecule has 1 N–H and O–H groups in total. The van der Waals surface area contributed by atoms with Crippen molar-refractivity contribution in [1.29, 1.82) is 0 Å². The lowest BCUT2D eigenvalue weighted by Crippen LogP contribution is -2.07. The van der Waals surface area contributed by atoms with Gasteiger partial charge in [0, 0.05) is 6.07 Å². The number of carboxylic acid groups (broad SMARTS) is 1. The SMILES string of the molecule is Cc1ccc(Oc2coc3cc(OCCC(=O)O)ccc3c2=O)c(C)c1. The van der Waals surface area contributed by atoms with Gasteiger partial charge in [0.1, 0.15) is 23.3 Å². The van der Waals surface area contributed by atoms with Gasteiger partial charge in [-0.25, -0.2) is 0 Å². The Labute approximate surface area is 149 Å². The standard InChI is InChI=1S/C20H18O6/c1-12-3-6-16(13(2)9-12)26-18-11-25-17-10-14(24-8-7-19(21)22)4-5-15(17)20(18)23/h3-6,9-11H,7-8H2,1-2H3,(H,21,22). The zero-order chi connectivity index (χ0) is 18.7. The quantitative estimate of drug-likeness (QED) is 0.718. The van der Waals surface area contributed by atoms with Gasteiger partial charge < -0.3 is 19.0 Å². The van der Waals surface area contributed by atoms with E-state index in [1.54, 1.807) is 18.2 Å². The van der Waals surface area contributed by atoms with Crippen LogP contribution < -0.4 is 14.9 Å². The van der Waals surface area contributed by atoms with Gasteiger partial charge in [0.15, 0.2) is 0 Å². The van der Waals surface area contributed by atoms with E-state index in [-0.39, 0.29) is 24.2 Å². The highest BCUT2D eigenvalue weighted by Crippen LogP contribution is 2.26. The van der Waals surface area contributed by atoms with Gasteiger partial charge in [-0.2, -0.15) is 0 Å². The average Bonchev–Trinajstić information content (AvgIpc) is 2.59. The normalized spacial score (nSPS) is 10.7. The molecule has 1 heterocycles. The Balaban J connectivity index is 1.86. The van der Waals surface area contributed by atoms with Crippen LogP contribution in [0.3, 0.4) is 0 Å². The maximum absolute atomic E-state index is 12.6. The molecule has 0 aliphatic rings. The number of ether oxygens (including phenoxy) is 2. The highest BCUT2D eigenvalue weighted by molar-refractivity contribution is 5.79. The summed E-state index contributed by atoms with van der Waals surface area (Å²) in [6, 6.07) is 10.4. The van der Waals surface area contributed by atoms with Crippen LogP contribution >= 0.6 is 0 Å². The Morgan fingerprint density at radius 3 is 2.65 bits per heavy atom. The fourth-order valence-electron chi connectivity index (χ4n) is 2.54. The summed E-state index contributed by atoms with van der Waals surface area (Å²) in [7, 11) is 0. The molecule has 0 radical (unpaired) electrons. The molecular weight excluding hydrogens is 336 g/mol. The number of aryl methyl sites for hydroxylation is 2. The minimum atomic E-state index is -0.939. The maximum Gasteiger partial charge on any atom is 0.306 e. The largest absolute Gasteiger partial charge is 0.493 e. The summed E-state index contributed by atoms with van der Waals surface area (Å²) in [4.78, 5) is 23.1. The molecule has 26 heavy (non-hydrogen) atoms. The van der Waals surface area contributed by atoms with Crippen molar-refractivity contribution in [1.82, 2.24) is 0 Å². The molecule has 1 aromatic heterocycles. The molecule has 6 nitrogen and oxygen atoms in total. The zero-order valence-corrected chi connectivity index (χ0v) is 14.4. The maximum atomic E-state index is 12.6. The highest BCUT2D eigenvalue weighted by Gasteiger charge is 2.11. The molecule has 0 saturated heterocycles. The Morgan fingerprint density at radius 2 is 1.92 bits per heavy atom. The van der Waals surface area contributed by atoms with Crippen molar-refractivity contribution in [2.24, 2.45) is 0 Å². The van der Waals surface area contributed by atoms with Crippen LogP contribution in [0, 0.1) is 13.8 Å². The molecule has 0 atom stereocenters. The molecule has 0 aliphatic heterocycles. The summed E-state index contributed by atoms with van der Waals surface area (Å²) < 4.78 is 16.6. The van der Waals surface area contributed by atoms with E-state index in [0.29, 0.717) is 22.5 Å². The Morgan fingerprint density at radius 1 is 1.12 bits per heavy atom. The van der Waals surface area contributed by atoms with E-state index >= 15 is 0 Å². The lowest BCUT2D eigenvalue weighted by atomic mass is 10.1. The molecule has 3 rings (SSSR count). The van der Waals surface area contributed by atoms with Crippen LogP contribution in [0.5, 0.6) is 17.2 Å². The van der Waals surface area contributed by atoms with Crippen LogP contribution in [0.15, 0.2) is 51.9 Å². The monoisotopic (exact) mass is 354 g/mol. The van der Waals surface area contributed by atoms with E-state index in [1.165, 1.54) is 6.26 Å². The Hall–Kier alpha value is -3.28. The van der Waals surface area contributed by atoms with Crippen molar-refractivity contribution in [3.05, 3.63) is 64.0 Å². The second kappa shape index (κ2) is 7.31. The molecule has 3 aromatic rings. The van der Waals surface area contributed by atoms with Crippen molar-refractivity contribution in [3.8, 4) is 17.2 Å². The zero-order valence-electron chi connectivity index (χ0n) is 14.4. The third kappa shape index (κ3) is 3.85. The molecule has 0 fully saturated rings. The van der Waals surface area contributed by atoms with Crippen molar-refractivity contribution < 1.29 is 23.8 Å². The van der Waals surface area contributed by atoms with Gasteiger partial charge in [0.2, 0.25) is 11.2 Å². The molecule has 0 unspecified atom stereocenters. The van der Waals surface area contributed by atoms with E-state index < -0.39 is 5.97 Å². The Bertz CT molecular complexity index is 1020. The van der Waals surface area contributed by atoms with Gasteiger partial charge >= 0.3 is 5.97 Å². The first-order valence-electron chi connectivity index (χ1n) is 8.09. The molecule has 0 amide bonds. The molecule has 0 saturated carbocycles. The average molecular weight is 354 g/mol. The first-order chi connectivity index (χ1) is 12.4. The molecule has 0 bridgehead atoms. The predicted molar refractivity (Wildman–Crippen MR) is 96.2 cm³/mol. The predicted octanol–water partition coefficient (Wildman–Crippen LogP) is 4.06. The number of carboxylic acids is 1. The molecular formula is C20H18O6. The van der Waals surface area contributed by atoms with Crippen molar-refractivity contribution >= 4 is 16.9 Å². The summed E-state index contributed by atoms with van der Waals surface area (Å²) in [5, 5.41) is 8.99. The molecule has 6 heteroatoms. The summed E-state index contributed by atoms with van der Waals surface area (Å²) >= 11 is 0.